The van der Waals surface area contributed by atoms with Crippen molar-refractivity contribution < 1.29 is 23.8 Å². The van der Waals surface area contributed by atoms with Crippen LogP contribution in [0.4, 0.5) is 5.69 Å². The van der Waals surface area contributed by atoms with E-state index in [9.17, 15) is 9.59 Å². The lowest BCUT2D eigenvalue weighted by atomic mass is 10.0. The van der Waals surface area contributed by atoms with E-state index in [0.29, 0.717) is 36.0 Å². The lowest BCUT2D eigenvalue weighted by molar-refractivity contribution is -0.118. The van der Waals surface area contributed by atoms with Crippen molar-refractivity contribution in [1.29, 1.82) is 0 Å². The number of amides is 2. The molecule has 7 heteroatoms. The molecule has 2 aromatic carbocycles. The Labute approximate surface area is 177 Å². The van der Waals surface area contributed by atoms with Gasteiger partial charge in [-0.3, -0.25) is 9.59 Å². The first-order chi connectivity index (χ1) is 14.3. The Hall–Kier alpha value is -3.06. The fourth-order valence-electron chi connectivity index (χ4n) is 2.87. The van der Waals surface area contributed by atoms with Gasteiger partial charge < -0.3 is 24.8 Å². The van der Waals surface area contributed by atoms with Crippen molar-refractivity contribution in [3.63, 3.8) is 0 Å². The number of hydrogen-bond donors (Lipinski definition) is 2. The normalized spacial score (nSPS) is 11.7. The smallest absolute Gasteiger partial charge is 0.251 e. The van der Waals surface area contributed by atoms with Crippen molar-refractivity contribution in [3.8, 4) is 11.5 Å². The fourth-order valence-corrected chi connectivity index (χ4v) is 2.87. The van der Waals surface area contributed by atoms with Crippen LogP contribution in [-0.4, -0.2) is 45.3 Å². The van der Waals surface area contributed by atoms with Crippen LogP contribution in [0.1, 0.15) is 29.8 Å². The maximum Gasteiger partial charge on any atom is 0.251 e. The number of anilines is 1. The number of carbonyl (C=O) groups excluding carboxylic acids is 2. The van der Waals surface area contributed by atoms with Gasteiger partial charge in [0.15, 0.2) is 11.5 Å². The zero-order chi connectivity index (χ0) is 22.1. The highest BCUT2D eigenvalue weighted by atomic mass is 16.5. The van der Waals surface area contributed by atoms with E-state index in [1.807, 2.05) is 32.9 Å². The van der Waals surface area contributed by atoms with Gasteiger partial charge in [-0.1, -0.05) is 31.5 Å². The van der Waals surface area contributed by atoms with E-state index < -0.39 is 6.04 Å². The zero-order valence-corrected chi connectivity index (χ0v) is 18.2. The molecule has 2 N–H and O–H groups in total. The molecule has 0 fully saturated rings. The number of aryl methyl sites for hydroxylation is 1. The van der Waals surface area contributed by atoms with Gasteiger partial charge in [0.25, 0.3) is 5.91 Å². The second-order valence-corrected chi connectivity index (χ2v) is 7.26. The molecule has 0 spiro atoms. The summed E-state index contributed by atoms with van der Waals surface area (Å²) in [4.78, 5) is 25.5. The number of ether oxygens (including phenoxy) is 3. The van der Waals surface area contributed by atoms with Crippen LogP contribution in [-0.2, 0) is 9.53 Å². The van der Waals surface area contributed by atoms with Gasteiger partial charge in [-0.15, -0.1) is 0 Å². The molecule has 2 amide bonds. The highest BCUT2D eigenvalue weighted by Crippen LogP contribution is 2.30. The monoisotopic (exact) mass is 414 g/mol. The van der Waals surface area contributed by atoms with Crippen LogP contribution in [0, 0.1) is 12.8 Å². The van der Waals surface area contributed by atoms with E-state index in [4.69, 9.17) is 14.2 Å². The van der Waals surface area contributed by atoms with Gasteiger partial charge in [0, 0.05) is 24.4 Å². The van der Waals surface area contributed by atoms with Crippen molar-refractivity contribution in [2.24, 2.45) is 5.92 Å². The Morgan fingerprint density at radius 1 is 1.00 bits per heavy atom. The topological polar surface area (TPSA) is 85.9 Å². The minimum absolute atomic E-state index is 0.102. The summed E-state index contributed by atoms with van der Waals surface area (Å²) in [6.07, 6.45) is 0. The Kier molecular flexibility index (Phi) is 8.68. The third-order valence-electron chi connectivity index (χ3n) is 4.49. The fraction of sp³-hybridized carbons (Fsp3) is 0.391. The average Bonchev–Trinajstić information content (AvgIpc) is 2.72. The van der Waals surface area contributed by atoms with Gasteiger partial charge in [0.05, 0.1) is 13.7 Å². The molecule has 2 aromatic rings. The predicted octanol–water partition coefficient (Wildman–Crippen LogP) is 3.42. The second-order valence-electron chi connectivity index (χ2n) is 7.26. The number of methoxy groups -OCH3 is 2. The highest BCUT2D eigenvalue weighted by molar-refractivity contribution is 6.01. The van der Waals surface area contributed by atoms with Crippen molar-refractivity contribution in [1.82, 2.24) is 5.32 Å². The summed E-state index contributed by atoms with van der Waals surface area (Å²) in [6.45, 7) is 6.47. The molecule has 0 aromatic heterocycles. The highest BCUT2D eigenvalue weighted by Gasteiger charge is 2.25. The molecule has 2 rings (SSSR count). The molecule has 0 aliphatic rings. The molecular formula is C23H30N2O5. The molecule has 0 bridgehead atoms. The molecule has 0 saturated heterocycles. The summed E-state index contributed by atoms with van der Waals surface area (Å²) in [6, 6.07) is 11.7. The molecule has 0 aliphatic heterocycles. The lowest BCUT2D eigenvalue weighted by Crippen LogP contribution is -2.47. The number of benzene rings is 2. The van der Waals surface area contributed by atoms with Gasteiger partial charge in [-0.25, -0.2) is 0 Å². The zero-order valence-electron chi connectivity index (χ0n) is 18.2. The lowest BCUT2D eigenvalue weighted by Gasteiger charge is -2.22. The van der Waals surface area contributed by atoms with Gasteiger partial charge in [0.1, 0.15) is 12.6 Å². The molecular weight excluding hydrogens is 384 g/mol. The molecule has 0 radical (unpaired) electrons. The van der Waals surface area contributed by atoms with E-state index in [0.717, 1.165) is 5.56 Å². The molecule has 7 nitrogen and oxygen atoms in total. The molecule has 0 heterocycles. The van der Waals surface area contributed by atoms with Crippen molar-refractivity contribution in [3.05, 3.63) is 53.6 Å². The predicted molar refractivity (Wildman–Crippen MR) is 116 cm³/mol. The third kappa shape index (κ3) is 6.49. The number of nitrogens with one attached hydrogen (secondary N) is 2. The minimum atomic E-state index is -0.696. The number of rotatable bonds is 10. The van der Waals surface area contributed by atoms with E-state index in [1.165, 1.54) is 0 Å². The standard InChI is InChI=1S/C23H30N2O5/c1-15(2)21(25-22(26)17-8-6-7-16(3)13-17)23(27)24-18-9-10-19(29-5)20(14-18)30-12-11-28-4/h6-10,13-15,21H,11-12H2,1-5H3,(H,24,27)(H,25,26). The van der Waals surface area contributed by atoms with Crippen LogP contribution in [0.2, 0.25) is 0 Å². The molecule has 1 unspecified atom stereocenters. The summed E-state index contributed by atoms with van der Waals surface area (Å²) in [5, 5.41) is 5.69. The van der Waals surface area contributed by atoms with Gasteiger partial charge in [-0.2, -0.15) is 0 Å². The van der Waals surface area contributed by atoms with E-state index >= 15 is 0 Å². The van der Waals surface area contributed by atoms with Crippen LogP contribution in [0.25, 0.3) is 0 Å². The molecule has 162 valence electrons. The Morgan fingerprint density at radius 2 is 1.77 bits per heavy atom. The molecule has 0 aliphatic carbocycles. The largest absolute Gasteiger partial charge is 0.493 e. The van der Waals surface area contributed by atoms with Crippen LogP contribution >= 0.6 is 0 Å². The van der Waals surface area contributed by atoms with Crippen LogP contribution in [0.15, 0.2) is 42.5 Å². The average molecular weight is 415 g/mol. The molecule has 0 saturated carbocycles. The minimum Gasteiger partial charge on any atom is -0.493 e. The first-order valence-electron chi connectivity index (χ1n) is 9.84. The summed E-state index contributed by atoms with van der Waals surface area (Å²) in [5.74, 6) is 0.355. The summed E-state index contributed by atoms with van der Waals surface area (Å²) in [5.41, 5.74) is 2.04. The van der Waals surface area contributed by atoms with E-state index in [-0.39, 0.29) is 17.7 Å². The Balaban J connectivity index is 2.12. The second kappa shape index (κ2) is 11.2. The summed E-state index contributed by atoms with van der Waals surface area (Å²) in [7, 11) is 3.14. The van der Waals surface area contributed by atoms with Gasteiger partial charge in [0.2, 0.25) is 5.91 Å². The maximum absolute atomic E-state index is 12.9. The van der Waals surface area contributed by atoms with Crippen molar-refractivity contribution >= 4 is 17.5 Å². The Morgan fingerprint density at radius 3 is 2.40 bits per heavy atom. The van der Waals surface area contributed by atoms with Crippen LogP contribution in [0.5, 0.6) is 11.5 Å². The van der Waals surface area contributed by atoms with Gasteiger partial charge >= 0.3 is 0 Å². The quantitative estimate of drug-likeness (QED) is 0.582. The number of carbonyl (C=O) groups is 2. The van der Waals surface area contributed by atoms with E-state index in [2.05, 4.69) is 10.6 Å². The maximum atomic E-state index is 12.9. The van der Waals surface area contributed by atoms with Crippen molar-refractivity contribution in [2.75, 3.05) is 32.8 Å². The van der Waals surface area contributed by atoms with Crippen molar-refractivity contribution in [2.45, 2.75) is 26.8 Å². The number of hydrogen-bond acceptors (Lipinski definition) is 5. The van der Waals surface area contributed by atoms with Crippen LogP contribution in [0.3, 0.4) is 0 Å². The summed E-state index contributed by atoms with van der Waals surface area (Å²) < 4.78 is 16.0. The third-order valence-corrected chi connectivity index (χ3v) is 4.49. The Bertz CT molecular complexity index is 866. The van der Waals surface area contributed by atoms with E-state index in [1.54, 1.807) is 44.6 Å². The summed E-state index contributed by atoms with van der Waals surface area (Å²) >= 11 is 0. The first kappa shape index (κ1) is 23.2. The SMILES string of the molecule is COCCOc1cc(NC(=O)C(NC(=O)c2cccc(C)c2)C(C)C)ccc1OC. The molecule has 30 heavy (non-hydrogen) atoms. The van der Waals surface area contributed by atoms with Crippen LogP contribution < -0.4 is 20.1 Å². The molecule has 1 atom stereocenters. The first-order valence-corrected chi connectivity index (χ1v) is 9.84. The van der Waals surface area contributed by atoms with Gasteiger partial charge in [-0.05, 0) is 37.1 Å².